The molecule has 3 N–H and O–H groups in total. The number of hydrogen-bond acceptors (Lipinski definition) is 11. The number of nitrogens with zero attached hydrogens (tertiary/aromatic N) is 1. The molecule has 0 aromatic rings. The maximum absolute atomic E-state index is 14.1. The number of carbonyl (C=O) groups excluding carboxylic acids is 4. The molecular weight excluding hydrogens is 791 g/mol. The average molecular weight is 868 g/mol. The Bertz CT molecular complexity index is 1650. The Balaban J connectivity index is 0.00000416. The highest BCUT2D eigenvalue weighted by Gasteiger charge is 2.48. The van der Waals surface area contributed by atoms with E-state index in [-0.39, 0.29) is 61.2 Å². The van der Waals surface area contributed by atoms with Crippen LogP contribution >= 0.6 is 0 Å². The van der Waals surface area contributed by atoms with Crippen molar-refractivity contribution in [1.82, 2.24) is 4.90 Å². The van der Waals surface area contributed by atoms with Gasteiger partial charge >= 0.3 is 5.97 Å². The smallest absolute Gasteiger partial charge is 0.329 e. The molecule has 12 heteroatoms. The molecule has 8 unspecified atom stereocenters. The van der Waals surface area contributed by atoms with E-state index in [1.807, 2.05) is 64.2 Å². The minimum atomic E-state index is -1.58. The van der Waals surface area contributed by atoms with Gasteiger partial charge in [-0.3, -0.25) is 14.4 Å². The standard InChI is InChI=1S/C48H71NO11.C2H6/c1-29-13-16-36(50)17-14-31(3)46-39(24-33-15-18-43(41(51)25-33)59-28-42(52)34-11-9-7-8-10-12-34)35-19-20-49(40(26-35)48(56)60-46)47(55)45(54)44(53)32(4)23-38(58-6)27-37(57-5)22-30(2)21-29;1-2/h7,9-13,24,30-33,35,37-38,40-44,46,51-53H,8,14-23,25-28H2,1-6H3;1-2H3/b29-13+,39-24+;/t30?,31-,32?,33+,35?,37+,38?,40?,41?,42?,43-,44?,46+;/m1./s1. The molecule has 5 aliphatic rings. The lowest BCUT2D eigenvalue weighted by atomic mass is 9.76. The van der Waals surface area contributed by atoms with Crippen LogP contribution in [0, 0.1) is 29.6 Å². The number of rotatable bonds is 7. The van der Waals surface area contributed by atoms with Crippen LogP contribution in [-0.2, 0) is 38.1 Å². The molecule has 348 valence electrons. The predicted molar refractivity (Wildman–Crippen MR) is 239 cm³/mol. The lowest BCUT2D eigenvalue weighted by Crippen LogP contribution is -2.54. The van der Waals surface area contributed by atoms with Gasteiger partial charge in [0.05, 0.1) is 31.0 Å². The van der Waals surface area contributed by atoms with Crippen LogP contribution in [0.25, 0.3) is 0 Å². The second kappa shape index (κ2) is 25.3. The Kier molecular flexibility index (Phi) is 21.0. The number of amides is 1. The topological polar surface area (TPSA) is 169 Å². The molecule has 3 aliphatic heterocycles. The molecule has 5 rings (SSSR count). The summed E-state index contributed by atoms with van der Waals surface area (Å²) in [6, 6.07) is -1.01. The summed E-state index contributed by atoms with van der Waals surface area (Å²) in [7, 11) is 3.25. The maximum Gasteiger partial charge on any atom is 0.329 e. The molecule has 3 heterocycles. The van der Waals surface area contributed by atoms with Crippen LogP contribution in [0.1, 0.15) is 125 Å². The summed E-state index contributed by atoms with van der Waals surface area (Å²) in [4.78, 5) is 56.2. The predicted octanol–water partition coefficient (Wildman–Crippen LogP) is 6.95. The lowest BCUT2D eigenvalue weighted by Gasteiger charge is -2.37. The van der Waals surface area contributed by atoms with Gasteiger partial charge in [-0.1, -0.05) is 82.7 Å². The fraction of sp³-hybridized carbons (Fsp3) is 0.720. The summed E-state index contributed by atoms with van der Waals surface area (Å²) in [6.07, 6.45) is 15.9. The first kappa shape index (κ1) is 51.4. The van der Waals surface area contributed by atoms with Crippen molar-refractivity contribution >= 4 is 23.4 Å². The van der Waals surface area contributed by atoms with Crippen molar-refractivity contribution in [2.45, 2.75) is 174 Å². The third kappa shape index (κ3) is 14.4. The summed E-state index contributed by atoms with van der Waals surface area (Å²) >= 11 is 0. The van der Waals surface area contributed by atoms with Crippen LogP contribution in [0.2, 0.25) is 0 Å². The number of methoxy groups -OCH3 is 2. The number of aliphatic hydroxyl groups excluding tert-OH is 3. The van der Waals surface area contributed by atoms with Gasteiger partial charge in [0.2, 0.25) is 5.78 Å². The van der Waals surface area contributed by atoms with E-state index < -0.39 is 60.1 Å². The number of aliphatic hydroxyl groups is 3. The van der Waals surface area contributed by atoms with E-state index >= 15 is 0 Å². The summed E-state index contributed by atoms with van der Waals surface area (Å²) < 4.78 is 24.0. The van der Waals surface area contributed by atoms with E-state index in [2.05, 4.69) is 13.0 Å². The van der Waals surface area contributed by atoms with Gasteiger partial charge in [0.15, 0.2) is 0 Å². The molecule has 0 radical (unpaired) electrons. The van der Waals surface area contributed by atoms with Crippen molar-refractivity contribution in [3.05, 3.63) is 59.3 Å². The van der Waals surface area contributed by atoms with Gasteiger partial charge < -0.3 is 39.2 Å². The zero-order chi connectivity index (χ0) is 45.5. The van der Waals surface area contributed by atoms with Crippen molar-refractivity contribution in [2.24, 2.45) is 29.6 Å². The van der Waals surface area contributed by atoms with Crippen molar-refractivity contribution in [1.29, 1.82) is 0 Å². The minimum absolute atomic E-state index is 0.0423. The number of piperidine rings is 1. The number of esters is 1. The Morgan fingerprint density at radius 1 is 0.903 bits per heavy atom. The van der Waals surface area contributed by atoms with Crippen molar-refractivity contribution in [2.75, 3.05) is 27.4 Å². The molecule has 62 heavy (non-hydrogen) atoms. The van der Waals surface area contributed by atoms with E-state index in [1.165, 1.54) is 4.90 Å². The first-order chi connectivity index (χ1) is 29.7. The fourth-order valence-corrected chi connectivity index (χ4v) is 9.85. The molecule has 0 aromatic heterocycles. The molecule has 0 spiro atoms. The zero-order valence-corrected chi connectivity index (χ0v) is 38.7. The number of Topliss-reactive ketones (excluding diaryl/α,β-unsaturated/α-hetero) is 2. The molecule has 13 atom stereocenters. The van der Waals surface area contributed by atoms with Crippen LogP contribution in [0.4, 0.5) is 0 Å². The third-order valence-corrected chi connectivity index (χ3v) is 13.5. The lowest BCUT2D eigenvalue weighted by molar-refractivity contribution is -0.163. The second-order valence-electron chi connectivity index (χ2n) is 18.3. The van der Waals surface area contributed by atoms with Crippen molar-refractivity contribution in [3.8, 4) is 0 Å². The summed E-state index contributed by atoms with van der Waals surface area (Å²) in [6.45, 7) is 12.1. The largest absolute Gasteiger partial charge is 0.456 e. The molecular formula is C50H77NO11. The Labute approximate surface area is 370 Å². The molecule has 2 aliphatic carbocycles. The van der Waals surface area contributed by atoms with Gasteiger partial charge in [0.25, 0.3) is 5.91 Å². The number of carbonyl (C=O) groups is 4. The van der Waals surface area contributed by atoms with Crippen LogP contribution in [0.3, 0.4) is 0 Å². The first-order valence-electron chi connectivity index (χ1n) is 23.4. The van der Waals surface area contributed by atoms with Gasteiger partial charge in [-0.2, -0.15) is 0 Å². The molecule has 1 amide bonds. The zero-order valence-electron chi connectivity index (χ0n) is 38.7. The highest BCUT2D eigenvalue weighted by molar-refractivity contribution is 6.38. The number of ketones is 2. The van der Waals surface area contributed by atoms with Crippen molar-refractivity contribution < 1.29 is 53.4 Å². The third-order valence-electron chi connectivity index (χ3n) is 13.5. The van der Waals surface area contributed by atoms with Crippen LogP contribution in [0.15, 0.2) is 59.3 Å². The Morgan fingerprint density at radius 2 is 1.63 bits per heavy atom. The molecule has 0 aromatic carbocycles. The van der Waals surface area contributed by atoms with E-state index in [0.717, 1.165) is 36.0 Å². The Hall–Kier alpha value is -3.26. The quantitative estimate of drug-likeness (QED) is 0.138. The van der Waals surface area contributed by atoms with Crippen LogP contribution < -0.4 is 0 Å². The average Bonchev–Trinajstić information content (AvgIpc) is 3.61. The molecule has 3 bridgehead atoms. The number of fused-ring (bicyclic) bond motifs is 3. The van der Waals surface area contributed by atoms with Gasteiger partial charge in [0.1, 0.15) is 30.1 Å². The maximum atomic E-state index is 14.1. The van der Waals surface area contributed by atoms with Gasteiger partial charge in [0, 0.05) is 33.6 Å². The van der Waals surface area contributed by atoms with E-state index in [1.54, 1.807) is 21.1 Å². The van der Waals surface area contributed by atoms with E-state index in [0.29, 0.717) is 57.8 Å². The summed E-state index contributed by atoms with van der Waals surface area (Å²) in [5.74, 6) is -3.09. The minimum Gasteiger partial charge on any atom is -0.456 e. The SMILES string of the molecule is CC.COC1CC(C)C(O)C(=O)C(=O)N2CCC3CC2C(=O)O[C@H](/C3=C/[C@@H]2CC[C@@H](OCC(O)C3=CC=CCC=C3)C(O)C2)[C@H](C)CCC(=O)C/C=C(\C)CC(C)C[C@H](OC)C1. The summed E-state index contributed by atoms with van der Waals surface area (Å²) in [5.41, 5.74) is 2.82. The number of hydrogen-bond donors (Lipinski definition) is 3. The summed E-state index contributed by atoms with van der Waals surface area (Å²) in [5, 5.41) is 33.3. The van der Waals surface area contributed by atoms with E-state index in [9.17, 15) is 34.5 Å². The molecule has 1 saturated carbocycles. The van der Waals surface area contributed by atoms with Crippen LogP contribution in [-0.4, -0.2) is 120 Å². The monoisotopic (exact) mass is 868 g/mol. The Morgan fingerprint density at radius 3 is 2.34 bits per heavy atom. The molecule has 2 saturated heterocycles. The number of allylic oxidation sites excluding steroid dienone is 7. The van der Waals surface area contributed by atoms with Crippen molar-refractivity contribution in [3.63, 3.8) is 0 Å². The van der Waals surface area contributed by atoms with E-state index in [4.69, 9.17) is 18.9 Å². The first-order valence-corrected chi connectivity index (χ1v) is 23.4. The van der Waals surface area contributed by atoms with Gasteiger partial charge in [-0.25, -0.2) is 4.79 Å². The normalized spacial score (nSPS) is 36.8. The molecule has 12 nitrogen and oxygen atoms in total. The number of ether oxygens (including phenoxy) is 4. The highest BCUT2D eigenvalue weighted by Crippen LogP contribution is 2.41. The molecule has 3 fully saturated rings. The second-order valence-corrected chi connectivity index (χ2v) is 18.3. The fourth-order valence-electron chi connectivity index (χ4n) is 9.85. The van der Waals surface area contributed by atoms with Gasteiger partial charge in [-0.05, 0) is 118 Å². The highest BCUT2D eigenvalue weighted by atomic mass is 16.5. The van der Waals surface area contributed by atoms with Gasteiger partial charge in [-0.15, -0.1) is 0 Å². The van der Waals surface area contributed by atoms with Crippen LogP contribution in [0.5, 0.6) is 0 Å².